The van der Waals surface area contributed by atoms with E-state index >= 15 is 0 Å². The first-order chi connectivity index (χ1) is 8.15. The second-order valence-electron chi connectivity index (χ2n) is 4.52. The molecule has 1 aromatic rings. The first-order valence-electron chi connectivity index (χ1n) is 6.41. The molecule has 3 heteroatoms. The van der Waals surface area contributed by atoms with E-state index in [4.69, 9.17) is 4.74 Å². The second kappa shape index (κ2) is 7.41. The second-order valence-corrected chi connectivity index (χ2v) is 4.52. The van der Waals surface area contributed by atoms with Crippen LogP contribution < -0.4 is 5.32 Å². The van der Waals surface area contributed by atoms with Crippen molar-refractivity contribution in [3.8, 4) is 0 Å². The number of hydrogen-bond acceptors (Lipinski definition) is 3. The molecule has 0 fully saturated rings. The molecule has 1 unspecified atom stereocenters. The van der Waals surface area contributed by atoms with Gasteiger partial charge in [-0.2, -0.15) is 0 Å². The van der Waals surface area contributed by atoms with Crippen molar-refractivity contribution in [3.05, 3.63) is 29.6 Å². The topological polar surface area (TPSA) is 34.1 Å². The highest BCUT2D eigenvalue weighted by Gasteiger charge is 2.13. The van der Waals surface area contributed by atoms with Gasteiger partial charge >= 0.3 is 0 Å². The van der Waals surface area contributed by atoms with Crippen LogP contribution in [0.25, 0.3) is 0 Å². The predicted molar refractivity (Wildman–Crippen MR) is 71.1 cm³/mol. The number of ether oxygens (including phenoxy) is 1. The molecule has 0 aromatic carbocycles. The molecule has 96 valence electrons. The first kappa shape index (κ1) is 14.1. The van der Waals surface area contributed by atoms with E-state index in [1.807, 2.05) is 12.3 Å². The van der Waals surface area contributed by atoms with E-state index in [-0.39, 0.29) is 0 Å². The molecule has 0 aliphatic carbocycles. The van der Waals surface area contributed by atoms with Gasteiger partial charge < -0.3 is 10.1 Å². The van der Waals surface area contributed by atoms with Crippen LogP contribution in [0.3, 0.4) is 0 Å². The fourth-order valence-corrected chi connectivity index (χ4v) is 1.87. The number of hydrogen-bond donors (Lipinski definition) is 1. The average molecular weight is 236 g/mol. The Morgan fingerprint density at radius 2 is 2.18 bits per heavy atom. The van der Waals surface area contributed by atoms with Gasteiger partial charge in [0, 0.05) is 12.8 Å². The van der Waals surface area contributed by atoms with Crippen LogP contribution in [0.1, 0.15) is 44.5 Å². The Labute approximate surface area is 105 Å². The first-order valence-corrected chi connectivity index (χ1v) is 6.41. The Balaban J connectivity index is 2.62. The van der Waals surface area contributed by atoms with Gasteiger partial charge in [0.1, 0.15) is 0 Å². The zero-order chi connectivity index (χ0) is 12.7. The Hall–Kier alpha value is -0.930. The third-order valence-corrected chi connectivity index (χ3v) is 2.69. The van der Waals surface area contributed by atoms with Crippen molar-refractivity contribution in [3.63, 3.8) is 0 Å². The van der Waals surface area contributed by atoms with Gasteiger partial charge in [-0.15, -0.1) is 0 Å². The summed E-state index contributed by atoms with van der Waals surface area (Å²) in [5.41, 5.74) is 2.38. The summed E-state index contributed by atoms with van der Waals surface area (Å²) in [7, 11) is 0. The van der Waals surface area contributed by atoms with Crippen LogP contribution in [0, 0.1) is 6.92 Å². The van der Waals surface area contributed by atoms with Crippen LogP contribution in [0.15, 0.2) is 18.3 Å². The van der Waals surface area contributed by atoms with Gasteiger partial charge in [-0.1, -0.05) is 13.0 Å². The summed E-state index contributed by atoms with van der Waals surface area (Å²) in [5, 5.41) is 3.47. The van der Waals surface area contributed by atoms with Crippen LogP contribution in [-0.2, 0) is 4.74 Å². The molecule has 1 rings (SSSR count). The van der Waals surface area contributed by atoms with E-state index in [1.165, 1.54) is 5.56 Å². The number of aromatic nitrogens is 1. The molecule has 0 bridgehead atoms. The van der Waals surface area contributed by atoms with E-state index in [2.05, 4.69) is 44.1 Å². The largest absolute Gasteiger partial charge is 0.379 e. The van der Waals surface area contributed by atoms with Crippen molar-refractivity contribution < 1.29 is 4.74 Å². The lowest BCUT2D eigenvalue weighted by atomic mass is 10.1. The SMILES string of the molecule is CCNC(CCOC(C)C)c1ncccc1C. The van der Waals surface area contributed by atoms with E-state index in [0.717, 1.165) is 25.3 Å². The van der Waals surface area contributed by atoms with Crippen LogP contribution in [0.5, 0.6) is 0 Å². The standard InChI is InChI=1S/C14H24N2O/c1-5-15-13(8-10-17-11(2)3)14-12(4)7-6-9-16-14/h6-7,9,11,13,15H,5,8,10H2,1-4H3. The highest BCUT2D eigenvalue weighted by molar-refractivity contribution is 5.21. The van der Waals surface area contributed by atoms with Crippen molar-refractivity contribution in [2.24, 2.45) is 0 Å². The third-order valence-electron chi connectivity index (χ3n) is 2.69. The lowest BCUT2D eigenvalue weighted by Crippen LogP contribution is -2.24. The van der Waals surface area contributed by atoms with Crippen molar-refractivity contribution >= 4 is 0 Å². The molecule has 0 radical (unpaired) electrons. The summed E-state index contributed by atoms with van der Waals surface area (Å²) in [6.45, 7) is 10.1. The molecule has 1 aromatic heterocycles. The van der Waals surface area contributed by atoms with Crippen LogP contribution >= 0.6 is 0 Å². The van der Waals surface area contributed by atoms with Gasteiger partial charge in [-0.05, 0) is 45.4 Å². The molecule has 17 heavy (non-hydrogen) atoms. The molecule has 1 heterocycles. The fourth-order valence-electron chi connectivity index (χ4n) is 1.87. The van der Waals surface area contributed by atoms with Crippen LogP contribution in [0.4, 0.5) is 0 Å². The Morgan fingerprint density at radius 1 is 1.41 bits per heavy atom. The minimum absolute atomic E-state index is 0.292. The maximum absolute atomic E-state index is 5.61. The molecular formula is C14H24N2O. The molecule has 1 atom stereocenters. The minimum atomic E-state index is 0.292. The van der Waals surface area contributed by atoms with Gasteiger partial charge in [0.2, 0.25) is 0 Å². The monoisotopic (exact) mass is 236 g/mol. The maximum Gasteiger partial charge on any atom is 0.0603 e. The summed E-state index contributed by atoms with van der Waals surface area (Å²) in [5.74, 6) is 0. The number of aryl methyl sites for hydroxylation is 1. The van der Waals surface area contributed by atoms with Gasteiger partial charge in [-0.25, -0.2) is 0 Å². The predicted octanol–water partition coefficient (Wildman–Crippen LogP) is 2.86. The van der Waals surface area contributed by atoms with Crippen molar-refractivity contribution in [1.29, 1.82) is 0 Å². The van der Waals surface area contributed by atoms with E-state index in [0.29, 0.717) is 12.1 Å². The molecule has 0 aliphatic heterocycles. The van der Waals surface area contributed by atoms with Gasteiger partial charge in [0.25, 0.3) is 0 Å². The number of pyridine rings is 1. The Morgan fingerprint density at radius 3 is 2.76 bits per heavy atom. The fraction of sp³-hybridized carbons (Fsp3) is 0.643. The number of rotatable bonds is 7. The smallest absolute Gasteiger partial charge is 0.0603 e. The summed E-state index contributed by atoms with van der Waals surface area (Å²) in [6, 6.07) is 4.38. The number of nitrogens with one attached hydrogen (secondary N) is 1. The van der Waals surface area contributed by atoms with Crippen molar-refractivity contribution in [1.82, 2.24) is 10.3 Å². The zero-order valence-corrected chi connectivity index (χ0v) is 11.4. The average Bonchev–Trinajstić information content (AvgIpc) is 2.28. The third kappa shape index (κ3) is 4.84. The quantitative estimate of drug-likeness (QED) is 0.790. The Bertz CT molecular complexity index is 326. The van der Waals surface area contributed by atoms with E-state index < -0.39 is 0 Å². The van der Waals surface area contributed by atoms with Crippen LogP contribution in [-0.4, -0.2) is 24.2 Å². The lowest BCUT2D eigenvalue weighted by molar-refractivity contribution is 0.0713. The lowest BCUT2D eigenvalue weighted by Gasteiger charge is -2.19. The van der Waals surface area contributed by atoms with Crippen LogP contribution in [0.2, 0.25) is 0 Å². The maximum atomic E-state index is 5.61. The summed E-state index contributed by atoms with van der Waals surface area (Å²) < 4.78 is 5.61. The van der Waals surface area contributed by atoms with Crippen molar-refractivity contribution in [2.75, 3.05) is 13.2 Å². The summed E-state index contributed by atoms with van der Waals surface area (Å²) >= 11 is 0. The van der Waals surface area contributed by atoms with Gasteiger partial charge in [0.15, 0.2) is 0 Å². The highest BCUT2D eigenvalue weighted by atomic mass is 16.5. The molecule has 0 amide bonds. The summed E-state index contributed by atoms with van der Waals surface area (Å²) in [4.78, 5) is 4.48. The molecule has 0 saturated heterocycles. The van der Waals surface area contributed by atoms with Gasteiger partial charge in [-0.3, -0.25) is 4.98 Å². The zero-order valence-electron chi connectivity index (χ0n) is 11.4. The molecule has 0 aliphatic rings. The number of nitrogens with zero attached hydrogens (tertiary/aromatic N) is 1. The molecular weight excluding hydrogens is 212 g/mol. The molecule has 3 nitrogen and oxygen atoms in total. The normalized spacial score (nSPS) is 13.0. The molecule has 0 spiro atoms. The molecule has 0 saturated carbocycles. The van der Waals surface area contributed by atoms with E-state index in [9.17, 15) is 0 Å². The minimum Gasteiger partial charge on any atom is -0.379 e. The molecule has 1 N–H and O–H groups in total. The van der Waals surface area contributed by atoms with Crippen molar-refractivity contribution in [2.45, 2.75) is 46.3 Å². The van der Waals surface area contributed by atoms with Gasteiger partial charge in [0.05, 0.1) is 17.8 Å². The Kier molecular flexibility index (Phi) is 6.16. The highest BCUT2D eigenvalue weighted by Crippen LogP contribution is 2.18. The summed E-state index contributed by atoms with van der Waals surface area (Å²) in [6.07, 6.45) is 3.11. The van der Waals surface area contributed by atoms with E-state index in [1.54, 1.807) is 0 Å².